The lowest BCUT2D eigenvalue weighted by atomic mass is 10.3. The number of ether oxygens (including phenoxy) is 2. The monoisotopic (exact) mass is 318 g/mol. The van der Waals surface area contributed by atoms with Crippen LogP contribution in [0.3, 0.4) is 0 Å². The van der Waals surface area contributed by atoms with Gasteiger partial charge in [-0.15, -0.1) is 10.2 Å². The van der Waals surface area contributed by atoms with E-state index in [2.05, 4.69) is 15.0 Å². The fourth-order valence-electron chi connectivity index (χ4n) is 1.48. The van der Waals surface area contributed by atoms with Crippen molar-refractivity contribution in [2.45, 2.75) is 4.90 Å². The van der Waals surface area contributed by atoms with Crippen LogP contribution in [0.15, 0.2) is 29.7 Å². The molecule has 0 unspecified atom stereocenters. The zero-order valence-electron chi connectivity index (χ0n) is 10.6. The molecule has 2 rings (SSSR count). The van der Waals surface area contributed by atoms with E-state index < -0.39 is 10.0 Å². The molecule has 0 radical (unpaired) electrons. The number of benzene rings is 1. The van der Waals surface area contributed by atoms with Crippen LogP contribution in [0, 0.1) is 0 Å². The molecule has 0 amide bonds. The summed E-state index contributed by atoms with van der Waals surface area (Å²) < 4.78 is 35.7. The molecular weight excluding hydrogens is 308 g/mol. The van der Waals surface area contributed by atoms with E-state index in [1.165, 1.54) is 39.0 Å². The van der Waals surface area contributed by atoms with Crippen molar-refractivity contribution in [1.82, 2.24) is 14.9 Å². The number of aromatic nitrogens is 3. The van der Waals surface area contributed by atoms with Gasteiger partial charge >= 0.3 is 0 Å². The van der Waals surface area contributed by atoms with Crippen molar-refractivity contribution >= 4 is 21.6 Å². The van der Waals surface area contributed by atoms with Gasteiger partial charge in [0.2, 0.25) is 0 Å². The minimum absolute atomic E-state index is 0.0939. The lowest BCUT2D eigenvalue weighted by Crippen LogP contribution is -2.22. The van der Waals surface area contributed by atoms with Crippen molar-refractivity contribution < 1.29 is 17.9 Å². The van der Waals surface area contributed by atoms with E-state index in [1.54, 1.807) is 0 Å². The van der Waals surface area contributed by atoms with Crippen LogP contribution in [0.2, 0.25) is 5.02 Å². The second-order valence-corrected chi connectivity index (χ2v) is 5.64. The summed E-state index contributed by atoms with van der Waals surface area (Å²) in [6.07, 6.45) is 2.41. The van der Waals surface area contributed by atoms with Crippen molar-refractivity contribution in [3.05, 3.63) is 29.8 Å². The Bertz CT molecular complexity index is 702. The molecule has 0 bridgehead atoms. The Labute approximate surface area is 120 Å². The van der Waals surface area contributed by atoms with Crippen LogP contribution >= 0.6 is 11.6 Å². The summed E-state index contributed by atoms with van der Waals surface area (Å²) in [5.41, 5.74) is 0. The molecule has 10 heteroatoms. The van der Waals surface area contributed by atoms with Crippen molar-refractivity contribution in [3.63, 3.8) is 0 Å². The van der Waals surface area contributed by atoms with E-state index in [-0.39, 0.29) is 21.4 Å². The Morgan fingerprint density at radius 2 is 1.75 bits per heavy atom. The Kier molecular flexibility index (Phi) is 4.00. The summed E-state index contributed by atoms with van der Waals surface area (Å²) >= 11 is 5.93. The predicted octanol–water partition coefficient (Wildman–Crippen LogP) is 0.881. The number of halogens is 1. The highest BCUT2D eigenvalue weighted by Gasteiger charge is 2.22. The summed E-state index contributed by atoms with van der Waals surface area (Å²) in [6.45, 7) is 0. The zero-order valence-corrected chi connectivity index (χ0v) is 12.1. The highest BCUT2D eigenvalue weighted by Crippen LogP contribution is 2.35. The number of nitrogens with zero attached hydrogens (tertiary/aromatic N) is 3. The van der Waals surface area contributed by atoms with Crippen LogP contribution in [-0.2, 0) is 10.0 Å². The molecular formula is C10H11ClN4O4S. The maximum atomic E-state index is 12.3. The standard InChI is InChI=1S/C10H11ClN4O4S/c1-18-8-4-10(9(19-2)3-7(8)11)20(16,17)14-15-5-12-13-6-15/h3-6,14H,1-2H3. The van der Waals surface area contributed by atoms with Crippen LogP contribution in [0.5, 0.6) is 11.5 Å². The van der Waals surface area contributed by atoms with Gasteiger partial charge in [-0.25, -0.2) is 9.51 Å². The second kappa shape index (κ2) is 5.55. The molecule has 0 saturated carbocycles. The van der Waals surface area contributed by atoms with Gasteiger partial charge in [0.15, 0.2) is 0 Å². The Hall–Kier alpha value is -2.00. The Morgan fingerprint density at radius 1 is 1.15 bits per heavy atom. The number of hydrogen-bond donors (Lipinski definition) is 1. The molecule has 20 heavy (non-hydrogen) atoms. The molecule has 0 fully saturated rings. The van der Waals surface area contributed by atoms with Gasteiger partial charge in [-0.3, -0.25) is 0 Å². The molecule has 1 heterocycles. The lowest BCUT2D eigenvalue weighted by molar-refractivity contribution is 0.392. The van der Waals surface area contributed by atoms with Gasteiger partial charge in [0, 0.05) is 12.1 Å². The van der Waals surface area contributed by atoms with Gasteiger partial charge in [0.25, 0.3) is 10.0 Å². The van der Waals surface area contributed by atoms with Crippen LogP contribution in [0.4, 0.5) is 0 Å². The van der Waals surface area contributed by atoms with Crippen molar-refractivity contribution in [3.8, 4) is 11.5 Å². The van der Waals surface area contributed by atoms with E-state index in [4.69, 9.17) is 21.1 Å². The van der Waals surface area contributed by atoms with Crippen LogP contribution in [0.25, 0.3) is 0 Å². The highest BCUT2D eigenvalue weighted by molar-refractivity contribution is 7.92. The number of nitrogens with one attached hydrogen (secondary N) is 1. The van der Waals surface area contributed by atoms with E-state index in [1.807, 2.05) is 0 Å². The van der Waals surface area contributed by atoms with Crippen LogP contribution in [0.1, 0.15) is 0 Å². The van der Waals surface area contributed by atoms with E-state index in [0.29, 0.717) is 0 Å². The largest absolute Gasteiger partial charge is 0.495 e. The second-order valence-electron chi connectivity index (χ2n) is 3.60. The quantitative estimate of drug-likeness (QED) is 0.879. The molecule has 0 aliphatic rings. The number of rotatable bonds is 5. The third kappa shape index (κ3) is 2.78. The molecule has 108 valence electrons. The zero-order chi connectivity index (χ0) is 14.8. The number of methoxy groups -OCH3 is 2. The summed E-state index contributed by atoms with van der Waals surface area (Å²) in [4.78, 5) is 2.13. The summed E-state index contributed by atoms with van der Waals surface area (Å²) in [5, 5.41) is 7.24. The maximum absolute atomic E-state index is 12.3. The Balaban J connectivity index is 2.49. The normalized spacial score (nSPS) is 11.2. The smallest absolute Gasteiger partial charge is 0.279 e. The van der Waals surface area contributed by atoms with Crippen molar-refractivity contribution in [1.29, 1.82) is 0 Å². The van der Waals surface area contributed by atoms with Crippen molar-refractivity contribution in [2.75, 3.05) is 19.1 Å². The predicted molar refractivity (Wildman–Crippen MR) is 71.1 cm³/mol. The molecule has 0 aliphatic heterocycles. The number of sulfonamides is 1. The third-order valence-corrected chi connectivity index (χ3v) is 4.02. The van der Waals surface area contributed by atoms with E-state index in [9.17, 15) is 8.42 Å². The minimum Gasteiger partial charge on any atom is -0.495 e. The van der Waals surface area contributed by atoms with Gasteiger partial charge in [-0.2, -0.15) is 8.42 Å². The Morgan fingerprint density at radius 3 is 2.30 bits per heavy atom. The first-order valence-electron chi connectivity index (χ1n) is 5.27. The van der Waals surface area contributed by atoms with Crippen molar-refractivity contribution in [2.24, 2.45) is 0 Å². The number of hydrogen-bond acceptors (Lipinski definition) is 6. The lowest BCUT2D eigenvalue weighted by Gasteiger charge is -2.13. The van der Waals surface area contributed by atoms with E-state index in [0.717, 1.165) is 4.68 Å². The summed E-state index contributed by atoms with van der Waals surface area (Å²) in [6, 6.07) is 2.63. The van der Waals surface area contributed by atoms with Gasteiger partial charge in [-0.1, -0.05) is 11.6 Å². The fraction of sp³-hybridized carbons (Fsp3) is 0.200. The molecule has 1 N–H and O–H groups in total. The molecule has 0 saturated heterocycles. The summed E-state index contributed by atoms with van der Waals surface area (Å²) in [5.74, 6) is 0.313. The molecule has 0 aliphatic carbocycles. The van der Waals surface area contributed by atoms with Gasteiger partial charge in [0.05, 0.1) is 19.2 Å². The average Bonchev–Trinajstić information content (AvgIpc) is 2.90. The molecule has 0 atom stereocenters. The maximum Gasteiger partial charge on any atom is 0.279 e. The first-order valence-corrected chi connectivity index (χ1v) is 7.13. The van der Waals surface area contributed by atoms with Gasteiger partial charge in [0.1, 0.15) is 29.0 Å². The third-order valence-electron chi connectivity index (χ3n) is 2.37. The fourth-order valence-corrected chi connectivity index (χ4v) is 2.85. The van der Waals surface area contributed by atoms with E-state index >= 15 is 0 Å². The van der Waals surface area contributed by atoms with Crippen LogP contribution < -0.4 is 14.3 Å². The first kappa shape index (κ1) is 14.4. The molecule has 8 nitrogen and oxygen atoms in total. The van der Waals surface area contributed by atoms with Crippen LogP contribution in [-0.4, -0.2) is 37.5 Å². The minimum atomic E-state index is -3.91. The van der Waals surface area contributed by atoms with Gasteiger partial charge in [-0.05, 0) is 0 Å². The van der Waals surface area contributed by atoms with Gasteiger partial charge < -0.3 is 9.47 Å². The molecule has 1 aromatic heterocycles. The topological polar surface area (TPSA) is 95.3 Å². The average molecular weight is 319 g/mol. The molecule has 1 aromatic carbocycles. The molecule has 0 spiro atoms. The molecule has 2 aromatic rings. The summed E-state index contributed by atoms with van der Waals surface area (Å²) in [7, 11) is -1.18. The highest BCUT2D eigenvalue weighted by atomic mass is 35.5. The SMILES string of the molecule is COc1cc(S(=O)(=O)Nn2cnnc2)c(OC)cc1Cl. The first-order chi connectivity index (χ1) is 9.47.